The molecule has 2 nitrogen and oxygen atoms in total. The van der Waals surface area contributed by atoms with Crippen molar-refractivity contribution in [1.29, 1.82) is 0 Å². The van der Waals surface area contributed by atoms with Crippen molar-refractivity contribution in [2.75, 3.05) is 7.11 Å². The SMILES string of the molecule is COC1(c2cccc(C3(N)CCC3)c2)CC1. The van der Waals surface area contributed by atoms with Crippen LogP contribution in [0.4, 0.5) is 0 Å². The molecule has 2 aliphatic rings. The Morgan fingerprint density at radius 3 is 2.31 bits per heavy atom. The van der Waals surface area contributed by atoms with E-state index >= 15 is 0 Å². The highest BCUT2D eigenvalue weighted by Crippen LogP contribution is 2.49. The molecular weight excluding hydrogens is 198 g/mol. The van der Waals surface area contributed by atoms with Gasteiger partial charge in [0.25, 0.3) is 0 Å². The molecule has 2 heteroatoms. The van der Waals surface area contributed by atoms with Gasteiger partial charge in [-0.1, -0.05) is 24.3 Å². The molecule has 2 N–H and O–H groups in total. The Morgan fingerprint density at radius 1 is 1.12 bits per heavy atom. The first-order valence-corrected chi connectivity index (χ1v) is 6.14. The number of benzene rings is 1. The van der Waals surface area contributed by atoms with E-state index < -0.39 is 0 Å². The molecule has 0 aliphatic heterocycles. The van der Waals surface area contributed by atoms with Crippen LogP contribution in [0.15, 0.2) is 24.3 Å². The highest BCUT2D eigenvalue weighted by molar-refractivity contribution is 5.36. The first-order chi connectivity index (χ1) is 7.69. The second-order valence-electron chi connectivity index (χ2n) is 5.29. The number of methoxy groups -OCH3 is 1. The van der Waals surface area contributed by atoms with E-state index in [1.165, 1.54) is 17.5 Å². The average molecular weight is 217 g/mol. The number of ether oxygens (including phenoxy) is 1. The smallest absolute Gasteiger partial charge is 0.0930 e. The van der Waals surface area contributed by atoms with Gasteiger partial charge in [0.05, 0.1) is 5.60 Å². The van der Waals surface area contributed by atoms with E-state index in [0.717, 1.165) is 25.7 Å². The van der Waals surface area contributed by atoms with Crippen molar-refractivity contribution in [3.05, 3.63) is 35.4 Å². The lowest BCUT2D eigenvalue weighted by atomic mass is 9.72. The van der Waals surface area contributed by atoms with E-state index in [0.29, 0.717) is 0 Å². The zero-order valence-corrected chi connectivity index (χ0v) is 9.83. The minimum atomic E-state index is -0.0557. The third kappa shape index (κ3) is 1.40. The molecule has 2 aliphatic carbocycles. The molecule has 3 rings (SSSR count). The largest absolute Gasteiger partial charge is 0.374 e. The quantitative estimate of drug-likeness (QED) is 0.844. The molecule has 86 valence electrons. The molecule has 0 amide bonds. The molecule has 1 aromatic rings. The first-order valence-electron chi connectivity index (χ1n) is 6.14. The van der Waals surface area contributed by atoms with Crippen LogP contribution in [-0.2, 0) is 15.9 Å². The van der Waals surface area contributed by atoms with Gasteiger partial charge in [0.1, 0.15) is 0 Å². The monoisotopic (exact) mass is 217 g/mol. The number of nitrogens with two attached hydrogens (primary N) is 1. The van der Waals surface area contributed by atoms with E-state index in [4.69, 9.17) is 10.5 Å². The topological polar surface area (TPSA) is 35.2 Å². The molecule has 0 radical (unpaired) electrons. The Bertz CT molecular complexity index is 385. The first kappa shape index (κ1) is 10.3. The Morgan fingerprint density at radius 2 is 1.81 bits per heavy atom. The second-order valence-corrected chi connectivity index (χ2v) is 5.29. The lowest BCUT2D eigenvalue weighted by molar-refractivity contribution is 0.0786. The number of hydrogen-bond acceptors (Lipinski definition) is 2. The maximum Gasteiger partial charge on any atom is 0.0930 e. The van der Waals surface area contributed by atoms with Gasteiger partial charge in [-0.2, -0.15) is 0 Å². The molecule has 2 saturated carbocycles. The third-order valence-corrected chi connectivity index (χ3v) is 4.30. The minimum absolute atomic E-state index is 0.0100. The van der Waals surface area contributed by atoms with Gasteiger partial charge < -0.3 is 10.5 Å². The number of rotatable bonds is 3. The zero-order chi connectivity index (χ0) is 11.2. The summed E-state index contributed by atoms with van der Waals surface area (Å²) < 4.78 is 5.61. The molecule has 0 aromatic heterocycles. The van der Waals surface area contributed by atoms with Crippen molar-refractivity contribution in [3.8, 4) is 0 Å². The number of hydrogen-bond donors (Lipinski definition) is 1. The van der Waals surface area contributed by atoms with Crippen LogP contribution in [0.2, 0.25) is 0 Å². The predicted octanol–water partition coefficient (Wildman–Crippen LogP) is 2.66. The van der Waals surface area contributed by atoms with Crippen LogP contribution in [0.3, 0.4) is 0 Å². The van der Waals surface area contributed by atoms with Crippen molar-refractivity contribution in [3.63, 3.8) is 0 Å². The summed E-state index contributed by atoms with van der Waals surface area (Å²) in [7, 11) is 1.81. The summed E-state index contributed by atoms with van der Waals surface area (Å²) in [5.41, 5.74) is 8.91. The average Bonchev–Trinajstić information content (AvgIpc) is 3.07. The van der Waals surface area contributed by atoms with Crippen LogP contribution in [0.25, 0.3) is 0 Å². The van der Waals surface area contributed by atoms with Gasteiger partial charge in [0.2, 0.25) is 0 Å². The Balaban J connectivity index is 1.94. The molecule has 0 atom stereocenters. The van der Waals surface area contributed by atoms with Gasteiger partial charge in [-0.15, -0.1) is 0 Å². The Labute approximate surface area is 96.8 Å². The molecule has 0 spiro atoms. The molecule has 16 heavy (non-hydrogen) atoms. The Kier molecular flexibility index (Phi) is 2.13. The molecular formula is C14H19NO. The molecule has 0 bridgehead atoms. The van der Waals surface area contributed by atoms with Crippen LogP contribution in [0, 0.1) is 0 Å². The van der Waals surface area contributed by atoms with Gasteiger partial charge in [-0.05, 0) is 43.2 Å². The fraction of sp³-hybridized carbons (Fsp3) is 0.571. The van der Waals surface area contributed by atoms with Gasteiger partial charge in [-0.3, -0.25) is 0 Å². The van der Waals surface area contributed by atoms with E-state index in [1.54, 1.807) is 7.11 Å². The summed E-state index contributed by atoms with van der Waals surface area (Å²) in [5, 5.41) is 0. The van der Waals surface area contributed by atoms with Crippen molar-refractivity contribution < 1.29 is 4.74 Å². The van der Waals surface area contributed by atoms with Crippen LogP contribution < -0.4 is 5.73 Å². The molecule has 0 heterocycles. The summed E-state index contributed by atoms with van der Waals surface area (Å²) in [6, 6.07) is 8.71. The maximum absolute atomic E-state index is 6.36. The van der Waals surface area contributed by atoms with Crippen molar-refractivity contribution >= 4 is 0 Å². The molecule has 1 aromatic carbocycles. The van der Waals surface area contributed by atoms with Gasteiger partial charge in [-0.25, -0.2) is 0 Å². The lowest BCUT2D eigenvalue weighted by Gasteiger charge is -2.39. The van der Waals surface area contributed by atoms with Crippen molar-refractivity contribution in [2.45, 2.75) is 43.2 Å². The van der Waals surface area contributed by atoms with Crippen LogP contribution in [-0.4, -0.2) is 7.11 Å². The van der Waals surface area contributed by atoms with Gasteiger partial charge in [0, 0.05) is 12.6 Å². The maximum atomic E-state index is 6.36. The summed E-state index contributed by atoms with van der Waals surface area (Å²) in [5.74, 6) is 0. The highest BCUT2D eigenvalue weighted by Gasteiger charge is 2.45. The van der Waals surface area contributed by atoms with E-state index in [1.807, 2.05) is 0 Å². The second kappa shape index (κ2) is 3.31. The molecule has 0 unspecified atom stereocenters. The highest BCUT2D eigenvalue weighted by atomic mass is 16.5. The van der Waals surface area contributed by atoms with Crippen LogP contribution in [0.5, 0.6) is 0 Å². The predicted molar refractivity (Wildman–Crippen MR) is 64.1 cm³/mol. The standard InChI is InChI=1S/C14H19NO/c1-16-14(8-9-14)12-5-2-4-11(10-12)13(15)6-3-7-13/h2,4-5,10H,3,6-9,15H2,1H3. The van der Waals surface area contributed by atoms with E-state index in [-0.39, 0.29) is 11.1 Å². The lowest BCUT2D eigenvalue weighted by Crippen LogP contribution is -2.43. The minimum Gasteiger partial charge on any atom is -0.374 e. The van der Waals surface area contributed by atoms with Crippen molar-refractivity contribution in [1.82, 2.24) is 0 Å². The fourth-order valence-corrected chi connectivity index (χ4v) is 2.68. The van der Waals surface area contributed by atoms with E-state index in [9.17, 15) is 0 Å². The van der Waals surface area contributed by atoms with Crippen LogP contribution >= 0.6 is 0 Å². The zero-order valence-electron chi connectivity index (χ0n) is 9.83. The van der Waals surface area contributed by atoms with Gasteiger partial charge >= 0.3 is 0 Å². The summed E-state index contributed by atoms with van der Waals surface area (Å²) in [6.07, 6.45) is 5.79. The van der Waals surface area contributed by atoms with E-state index in [2.05, 4.69) is 24.3 Å². The normalized spacial score (nSPS) is 24.9. The molecule has 0 saturated heterocycles. The van der Waals surface area contributed by atoms with Gasteiger partial charge in [0.15, 0.2) is 0 Å². The summed E-state index contributed by atoms with van der Waals surface area (Å²) >= 11 is 0. The van der Waals surface area contributed by atoms with Crippen molar-refractivity contribution in [2.24, 2.45) is 5.73 Å². The van der Waals surface area contributed by atoms with Crippen LogP contribution in [0.1, 0.15) is 43.2 Å². The third-order valence-electron chi connectivity index (χ3n) is 4.30. The molecule has 2 fully saturated rings. The fourth-order valence-electron chi connectivity index (χ4n) is 2.68. The Hall–Kier alpha value is -0.860. The summed E-state index contributed by atoms with van der Waals surface area (Å²) in [4.78, 5) is 0. The summed E-state index contributed by atoms with van der Waals surface area (Å²) in [6.45, 7) is 0.